The number of hydrogen-bond donors (Lipinski definition) is 2. The fourth-order valence-corrected chi connectivity index (χ4v) is 3.93. The number of fused-ring (bicyclic) bond motifs is 1. The number of carbonyl (C=O) groups is 1. The van der Waals surface area contributed by atoms with Crippen molar-refractivity contribution in [3.8, 4) is 11.3 Å². The Morgan fingerprint density at radius 1 is 1.10 bits per heavy atom. The Morgan fingerprint density at radius 2 is 1.84 bits per heavy atom. The summed E-state index contributed by atoms with van der Waals surface area (Å²) in [5, 5.41) is 2.59. The van der Waals surface area contributed by atoms with Crippen LogP contribution in [-0.4, -0.2) is 30.8 Å². The van der Waals surface area contributed by atoms with E-state index in [2.05, 4.69) is 15.0 Å². The lowest BCUT2D eigenvalue weighted by Gasteiger charge is -2.09. The summed E-state index contributed by atoms with van der Waals surface area (Å²) in [5.74, 6) is -1.56. The zero-order valence-corrected chi connectivity index (χ0v) is 17.6. The molecule has 0 saturated heterocycles. The molecular formula is C22H19FN4O3S. The lowest BCUT2D eigenvalue weighted by molar-refractivity contribution is 0.102. The Labute approximate surface area is 178 Å². The van der Waals surface area contributed by atoms with Gasteiger partial charge in [0.15, 0.2) is 0 Å². The zero-order valence-electron chi connectivity index (χ0n) is 16.8. The number of amides is 1. The minimum atomic E-state index is -3.80. The second-order valence-electron chi connectivity index (χ2n) is 6.93. The van der Waals surface area contributed by atoms with Gasteiger partial charge in [-0.2, -0.15) is 0 Å². The van der Waals surface area contributed by atoms with Gasteiger partial charge in [-0.15, -0.1) is 0 Å². The molecule has 4 aromatic rings. The van der Waals surface area contributed by atoms with Crippen LogP contribution in [0, 0.1) is 12.7 Å². The van der Waals surface area contributed by atoms with Gasteiger partial charge in [-0.3, -0.25) is 4.79 Å². The molecule has 2 N–H and O–H groups in total. The maximum atomic E-state index is 14.1. The third kappa shape index (κ3) is 4.05. The third-order valence-electron chi connectivity index (χ3n) is 4.88. The van der Waals surface area contributed by atoms with Crippen LogP contribution in [0.4, 0.5) is 10.1 Å². The van der Waals surface area contributed by atoms with Crippen molar-refractivity contribution in [1.82, 2.24) is 14.1 Å². The molecule has 9 heteroatoms. The molecule has 0 bridgehead atoms. The topological polar surface area (TPSA) is 92.6 Å². The smallest absolute Gasteiger partial charge is 0.258 e. The summed E-state index contributed by atoms with van der Waals surface area (Å²) in [6.45, 7) is 1.99. The predicted octanol–water partition coefficient (Wildman–Crippen LogP) is 3.61. The molecule has 7 nitrogen and oxygen atoms in total. The molecule has 1 amide bonds. The minimum Gasteiger partial charge on any atom is -0.322 e. The lowest BCUT2D eigenvalue weighted by Crippen LogP contribution is -2.20. The van der Waals surface area contributed by atoms with E-state index in [4.69, 9.17) is 0 Å². The van der Waals surface area contributed by atoms with Gasteiger partial charge in [-0.05, 0) is 55.9 Å². The van der Waals surface area contributed by atoms with Crippen molar-refractivity contribution in [2.75, 3.05) is 12.4 Å². The van der Waals surface area contributed by atoms with E-state index in [-0.39, 0.29) is 10.5 Å². The van der Waals surface area contributed by atoms with E-state index in [1.807, 2.05) is 35.9 Å². The van der Waals surface area contributed by atoms with E-state index < -0.39 is 21.7 Å². The molecule has 0 atom stereocenters. The summed E-state index contributed by atoms with van der Waals surface area (Å²) in [5.41, 5.74) is 3.63. The number of halogens is 1. The van der Waals surface area contributed by atoms with Crippen LogP contribution in [-0.2, 0) is 10.0 Å². The average Bonchev–Trinajstić information content (AvgIpc) is 3.20. The molecule has 0 fully saturated rings. The molecule has 0 aliphatic heterocycles. The highest BCUT2D eigenvalue weighted by molar-refractivity contribution is 7.89. The molecule has 0 radical (unpaired) electrons. The van der Waals surface area contributed by atoms with Gasteiger partial charge in [-0.1, -0.05) is 18.2 Å². The number of aryl methyl sites for hydroxylation is 1. The number of nitrogens with zero attached hydrogens (tertiary/aromatic N) is 2. The number of sulfonamides is 1. The van der Waals surface area contributed by atoms with Crippen molar-refractivity contribution in [2.45, 2.75) is 11.8 Å². The van der Waals surface area contributed by atoms with E-state index in [0.717, 1.165) is 40.7 Å². The van der Waals surface area contributed by atoms with Gasteiger partial charge in [0.25, 0.3) is 5.91 Å². The highest BCUT2D eigenvalue weighted by Gasteiger charge is 2.18. The van der Waals surface area contributed by atoms with Gasteiger partial charge in [0.2, 0.25) is 10.0 Å². The molecule has 158 valence electrons. The van der Waals surface area contributed by atoms with Gasteiger partial charge in [0.05, 0.1) is 16.2 Å². The van der Waals surface area contributed by atoms with E-state index in [0.29, 0.717) is 5.69 Å². The third-order valence-corrected chi connectivity index (χ3v) is 6.29. The van der Waals surface area contributed by atoms with Gasteiger partial charge in [0, 0.05) is 23.6 Å². The van der Waals surface area contributed by atoms with E-state index in [1.54, 1.807) is 24.3 Å². The van der Waals surface area contributed by atoms with Crippen LogP contribution in [0.25, 0.3) is 16.9 Å². The van der Waals surface area contributed by atoms with Crippen LogP contribution in [0.3, 0.4) is 0 Å². The Balaban J connectivity index is 1.57. The number of carbonyl (C=O) groups excluding carboxylic acids is 1. The number of pyridine rings is 1. The van der Waals surface area contributed by atoms with Crippen molar-refractivity contribution >= 4 is 27.3 Å². The lowest BCUT2D eigenvalue weighted by atomic mass is 10.1. The first-order valence-electron chi connectivity index (χ1n) is 9.38. The van der Waals surface area contributed by atoms with Crippen molar-refractivity contribution < 1.29 is 17.6 Å². The molecule has 0 saturated carbocycles. The van der Waals surface area contributed by atoms with Crippen molar-refractivity contribution in [2.24, 2.45) is 0 Å². The molecule has 2 aromatic heterocycles. The standard InChI is InChI=1S/C22H19FN4O3S/c1-14-4-3-11-27-13-20(26-21(14)27)15-5-7-16(8-6-15)25-22(28)18-12-17(9-10-19(18)23)31(29,30)24-2/h3-13,24H,1-2H3,(H,25,28). The number of nitrogens with one attached hydrogen (secondary N) is 2. The molecule has 0 aliphatic carbocycles. The molecule has 0 aliphatic rings. The number of imidazole rings is 1. The summed E-state index contributed by atoms with van der Waals surface area (Å²) in [6.07, 6.45) is 3.84. The maximum absolute atomic E-state index is 14.1. The summed E-state index contributed by atoms with van der Waals surface area (Å²) in [4.78, 5) is 17.0. The number of benzene rings is 2. The van der Waals surface area contributed by atoms with Gasteiger partial charge >= 0.3 is 0 Å². The summed E-state index contributed by atoms with van der Waals surface area (Å²) < 4.78 is 42.1. The fourth-order valence-electron chi connectivity index (χ4n) is 3.18. The zero-order chi connectivity index (χ0) is 22.2. The first-order chi connectivity index (χ1) is 14.8. The van der Waals surface area contributed by atoms with Crippen LogP contribution in [0.1, 0.15) is 15.9 Å². The largest absolute Gasteiger partial charge is 0.322 e. The molecule has 2 aromatic carbocycles. The normalized spacial score (nSPS) is 11.6. The quantitative estimate of drug-likeness (QED) is 0.498. The number of anilines is 1. The first kappa shape index (κ1) is 20.7. The van der Waals surface area contributed by atoms with E-state index in [1.165, 1.54) is 7.05 Å². The Kier molecular flexibility index (Phi) is 5.30. The Morgan fingerprint density at radius 3 is 2.52 bits per heavy atom. The molecule has 31 heavy (non-hydrogen) atoms. The maximum Gasteiger partial charge on any atom is 0.258 e. The van der Waals surface area contributed by atoms with Gasteiger partial charge in [-0.25, -0.2) is 22.5 Å². The van der Waals surface area contributed by atoms with Crippen LogP contribution in [0.2, 0.25) is 0 Å². The van der Waals surface area contributed by atoms with Crippen molar-refractivity contribution in [3.05, 3.63) is 83.9 Å². The molecule has 0 spiro atoms. The minimum absolute atomic E-state index is 0.195. The molecular weight excluding hydrogens is 419 g/mol. The van der Waals surface area contributed by atoms with Crippen LogP contribution >= 0.6 is 0 Å². The fraction of sp³-hybridized carbons (Fsp3) is 0.0909. The van der Waals surface area contributed by atoms with Gasteiger partial charge < -0.3 is 9.72 Å². The first-order valence-corrected chi connectivity index (χ1v) is 10.9. The van der Waals surface area contributed by atoms with Crippen LogP contribution in [0.15, 0.2) is 71.9 Å². The summed E-state index contributed by atoms with van der Waals surface area (Å²) >= 11 is 0. The average molecular weight is 438 g/mol. The molecule has 0 unspecified atom stereocenters. The predicted molar refractivity (Wildman–Crippen MR) is 116 cm³/mol. The monoisotopic (exact) mass is 438 g/mol. The van der Waals surface area contributed by atoms with E-state index in [9.17, 15) is 17.6 Å². The second-order valence-corrected chi connectivity index (χ2v) is 8.82. The Hall–Kier alpha value is -3.56. The second kappa shape index (κ2) is 7.93. The highest BCUT2D eigenvalue weighted by atomic mass is 32.2. The van der Waals surface area contributed by atoms with Crippen molar-refractivity contribution in [3.63, 3.8) is 0 Å². The van der Waals surface area contributed by atoms with Gasteiger partial charge in [0.1, 0.15) is 11.5 Å². The Bertz CT molecular complexity index is 1400. The number of rotatable bonds is 5. The SMILES string of the molecule is CNS(=O)(=O)c1ccc(F)c(C(=O)Nc2ccc(-c3cn4cccc(C)c4n3)cc2)c1. The summed E-state index contributed by atoms with van der Waals surface area (Å²) in [6, 6.07) is 13.9. The molecule has 4 rings (SSSR count). The van der Waals surface area contributed by atoms with Crippen molar-refractivity contribution in [1.29, 1.82) is 0 Å². The number of hydrogen-bond acceptors (Lipinski definition) is 4. The van der Waals surface area contributed by atoms with Crippen LogP contribution < -0.4 is 10.0 Å². The van der Waals surface area contributed by atoms with Crippen LogP contribution in [0.5, 0.6) is 0 Å². The molecule has 2 heterocycles. The summed E-state index contributed by atoms with van der Waals surface area (Å²) in [7, 11) is -2.56. The number of aromatic nitrogens is 2. The van der Waals surface area contributed by atoms with E-state index >= 15 is 0 Å². The highest BCUT2D eigenvalue weighted by Crippen LogP contribution is 2.23.